The van der Waals surface area contributed by atoms with Crippen molar-refractivity contribution in [2.45, 2.75) is 9.79 Å². The molecular weight excluding hydrogens is 400 g/mol. The van der Waals surface area contributed by atoms with Gasteiger partial charge in [0.2, 0.25) is 0 Å². The van der Waals surface area contributed by atoms with Gasteiger partial charge in [-0.25, -0.2) is 13.4 Å². The maximum absolute atomic E-state index is 12.5. The van der Waals surface area contributed by atoms with Gasteiger partial charge >= 0.3 is 0 Å². The molecule has 0 atom stereocenters. The van der Waals surface area contributed by atoms with Crippen molar-refractivity contribution in [2.24, 2.45) is 0 Å². The molecule has 0 radical (unpaired) electrons. The Morgan fingerprint density at radius 2 is 2.00 bits per heavy atom. The summed E-state index contributed by atoms with van der Waals surface area (Å²) >= 11 is 8.84. The standard InChI is InChI=1S/C16H13ClN2O3S3/c1-23-9-3-5-12(17)11(7-9)15(20)19-16-18-13-6-4-10(25(2,21)22)8-14(13)24-16/h3-8H,1-2H3,(H,18,19,20). The average molecular weight is 413 g/mol. The SMILES string of the molecule is CSc1ccc(Cl)c(C(=O)Nc2nc3ccc(S(C)(=O)=O)cc3s2)c1. The van der Waals surface area contributed by atoms with Crippen molar-refractivity contribution in [1.82, 2.24) is 4.98 Å². The van der Waals surface area contributed by atoms with Crippen molar-refractivity contribution < 1.29 is 13.2 Å². The molecule has 0 saturated heterocycles. The van der Waals surface area contributed by atoms with Crippen LogP contribution in [-0.4, -0.2) is 31.8 Å². The number of amides is 1. The molecule has 1 heterocycles. The molecule has 0 bridgehead atoms. The summed E-state index contributed by atoms with van der Waals surface area (Å²) in [4.78, 5) is 17.9. The number of nitrogens with zero attached hydrogens (tertiary/aromatic N) is 1. The molecule has 5 nitrogen and oxygen atoms in total. The monoisotopic (exact) mass is 412 g/mol. The minimum Gasteiger partial charge on any atom is -0.298 e. The molecule has 3 aromatic rings. The number of aromatic nitrogens is 1. The maximum Gasteiger partial charge on any atom is 0.258 e. The van der Waals surface area contributed by atoms with Crippen LogP contribution in [0.15, 0.2) is 46.2 Å². The van der Waals surface area contributed by atoms with Crippen LogP contribution in [-0.2, 0) is 9.84 Å². The van der Waals surface area contributed by atoms with Crippen molar-refractivity contribution in [3.8, 4) is 0 Å². The predicted molar refractivity (Wildman–Crippen MR) is 104 cm³/mol. The molecule has 0 aliphatic carbocycles. The van der Waals surface area contributed by atoms with Gasteiger partial charge in [0.05, 0.1) is 25.7 Å². The highest BCUT2D eigenvalue weighted by atomic mass is 35.5. The second-order valence-corrected chi connectivity index (χ2v) is 9.55. The Labute approximate surface area is 158 Å². The summed E-state index contributed by atoms with van der Waals surface area (Å²) in [6, 6.07) is 9.92. The van der Waals surface area contributed by atoms with Crippen molar-refractivity contribution in [1.29, 1.82) is 0 Å². The lowest BCUT2D eigenvalue weighted by molar-refractivity contribution is 0.102. The minimum absolute atomic E-state index is 0.220. The van der Waals surface area contributed by atoms with E-state index in [9.17, 15) is 13.2 Å². The Bertz CT molecular complexity index is 1080. The Kier molecular flexibility index (Phi) is 5.06. The van der Waals surface area contributed by atoms with E-state index in [1.54, 1.807) is 24.3 Å². The molecular formula is C16H13ClN2O3S3. The Morgan fingerprint density at radius 1 is 1.24 bits per heavy atom. The first-order valence-corrected chi connectivity index (χ1v) is 11.3. The smallest absolute Gasteiger partial charge is 0.258 e. The molecule has 0 fully saturated rings. The van der Waals surface area contributed by atoms with Gasteiger partial charge in [-0.2, -0.15) is 0 Å². The van der Waals surface area contributed by atoms with E-state index in [2.05, 4.69) is 10.3 Å². The molecule has 9 heteroatoms. The number of thiazole rings is 1. The van der Waals surface area contributed by atoms with E-state index in [0.29, 0.717) is 25.9 Å². The molecule has 1 aromatic heterocycles. The zero-order valence-corrected chi connectivity index (χ0v) is 16.4. The molecule has 0 aliphatic heterocycles. The second-order valence-electron chi connectivity index (χ2n) is 5.22. The van der Waals surface area contributed by atoms with Gasteiger partial charge in [0, 0.05) is 11.2 Å². The summed E-state index contributed by atoms with van der Waals surface area (Å²) in [6.45, 7) is 0. The summed E-state index contributed by atoms with van der Waals surface area (Å²) in [5.74, 6) is -0.358. The van der Waals surface area contributed by atoms with Gasteiger partial charge in [-0.15, -0.1) is 11.8 Å². The summed E-state index contributed by atoms with van der Waals surface area (Å²) in [5.41, 5.74) is 0.987. The Morgan fingerprint density at radius 3 is 2.68 bits per heavy atom. The third-order valence-electron chi connectivity index (χ3n) is 3.43. The maximum atomic E-state index is 12.5. The van der Waals surface area contributed by atoms with Crippen LogP contribution in [0.1, 0.15) is 10.4 Å². The third-order valence-corrected chi connectivity index (χ3v) is 6.53. The van der Waals surface area contributed by atoms with Crippen LogP contribution in [0.2, 0.25) is 5.02 Å². The van der Waals surface area contributed by atoms with E-state index in [1.165, 1.54) is 29.2 Å². The average Bonchev–Trinajstić information content (AvgIpc) is 2.95. The second kappa shape index (κ2) is 6.95. The number of nitrogens with one attached hydrogen (secondary N) is 1. The fraction of sp³-hybridized carbons (Fsp3) is 0.125. The van der Waals surface area contributed by atoms with Crippen LogP contribution < -0.4 is 5.32 Å². The number of benzene rings is 2. The van der Waals surface area contributed by atoms with E-state index in [4.69, 9.17) is 11.6 Å². The first kappa shape index (κ1) is 18.2. The molecule has 130 valence electrons. The molecule has 1 amide bonds. The molecule has 0 spiro atoms. The van der Waals surface area contributed by atoms with Gasteiger partial charge in [-0.05, 0) is 42.7 Å². The van der Waals surface area contributed by atoms with Crippen molar-refractivity contribution in [2.75, 3.05) is 17.8 Å². The van der Waals surface area contributed by atoms with E-state index < -0.39 is 9.84 Å². The lowest BCUT2D eigenvalue weighted by Crippen LogP contribution is -2.12. The van der Waals surface area contributed by atoms with Crippen LogP contribution in [0.5, 0.6) is 0 Å². The predicted octanol–water partition coefficient (Wildman–Crippen LogP) is 4.33. The fourth-order valence-electron chi connectivity index (χ4n) is 2.16. The van der Waals surface area contributed by atoms with Gasteiger partial charge in [0.25, 0.3) is 5.91 Å². The van der Waals surface area contributed by atoms with Crippen molar-refractivity contribution in [3.05, 3.63) is 47.0 Å². The highest BCUT2D eigenvalue weighted by Crippen LogP contribution is 2.29. The van der Waals surface area contributed by atoms with Gasteiger partial charge in [0.15, 0.2) is 15.0 Å². The van der Waals surface area contributed by atoms with Crippen LogP contribution in [0.25, 0.3) is 10.2 Å². The molecule has 25 heavy (non-hydrogen) atoms. The van der Waals surface area contributed by atoms with E-state index >= 15 is 0 Å². The largest absolute Gasteiger partial charge is 0.298 e. The molecule has 0 aliphatic rings. The highest BCUT2D eigenvalue weighted by Gasteiger charge is 2.15. The number of thioether (sulfide) groups is 1. The number of sulfone groups is 1. The van der Waals surface area contributed by atoms with Crippen LogP contribution in [0.3, 0.4) is 0 Å². The van der Waals surface area contributed by atoms with Gasteiger partial charge in [0.1, 0.15) is 0 Å². The number of carbonyl (C=O) groups excluding carboxylic acids is 1. The highest BCUT2D eigenvalue weighted by molar-refractivity contribution is 7.98. The van der Waals surface area contributed by atoms with Gasteiger partial charge in [-0.3, -0.25) is 10.1 Å². The van der Waals surface area contributed by atoms with Gasteiger partial charge < -0.3 is 0 Å². The number of hydrogen-bond acceptors (Lipinski definition) is 6. The molecule has 2 aromatic carbocycles. The zero-order chi connectivity index (χ0) is 18.2. The van der Waals surface area contributed by atoms with Crippen molar-refractivity contribution >= 4 is 65.8 Å². The molecule has 3 rings (SSSR count). The topological polar surface area (TPSA) is 76.1 Å². The summed E-state index contributed by atoms with van der Waals surface area (Å²) in [5, 5.41) is 3.47. The number of hydrogen-bond donors (Lipinski definition) is 1. The fourth-order valence-corrected chi connectivity index (χ4v) is 4.42. The Hall–Kier alpha value is -1.61. The molecule has 1 N–H and O–H groups in total. The minimum atomic E-state index is -3.29. The first-order chi connectivity index (χ1) is 11.8. The van der Waals surface area contributed by atoms with Crippen LogP contribution >= 0.6 is 34.7 Å². The quantitative estimate of drug-likeness (QED) is 0.645. The van der Waals surface area contributed by atoms with E-state index in [1.807, 2.05) is 12.3 Å². The van der Waals surface area contributed by atoms with Crippen LogP contribution in [0, 0.1) is 0 Å². The molecule has 0 saturated carbocycles. The van der Waals surface area contributed by atoms with Crippen molar-refractivity contribution in [3.63, 3.8) is 0 Å². The summed E-state index contributed by atoms with van der Waals surface area (Å²) in [7, 11) is -3.29. The summed E-state index contributed by atoms with van der Waals surface area (Å²) < 4.78 is 24.0. The number of anilines is 1. The molecule has 0 unspecified atom stereocenters. The van der Waals surface area contributed by atoms with Crippen LogP contribution in [0.4, 0.5) is 5.13 Å². The number of halogens is 1. The number of carbonyl (C=O) groups is 1. The van der Waals surface area contributed by atoms with Gasteiger partial charge in [-0.1, -0.05) is 22.9 Å². The number of fused-ring (bicyclic) bond motifs is 1. The Balaban J connectivity index is 1.91. The lowest BCUT2D eigenvalue weighted by Gasteiger charge is -2.05. The van der Waals surface area contributed by atoms with E-state index in [0.717, 1.165) is 11.2 Å². The zero-order valence-electron chi connectivity index (χ0n) is 13.2. The normalized spacial score (nSPS) is 11.6. The first-order valence-electron chi connectivity index (χ1n) is 7.03. The number of rotatable bonds is 4. The summed E-state index contributed by atoms with van der Waals surface area (Å²) in [6.07, 6.45) is 3.07. The lowest BCUT2D eigenvalue weighted by atomic mass is 10.2. The van der Waals surface area contributed by atoms with E-state index in [-0.39, 0.29) is 10.8 Å². The third kappa shape index (κ3) is 3.98.